The van der Waals surface area contributed by atoms with Crippen molar-refractivity contribution in [3.05, 3.63) is 111 Å². The number of halogens is 2. The second-order valence-electron chi connectivity index (χ2n) is 18.4. The van der Waals surface area contributed by atoms with Gasteiger partial charge in [0.2, 0.25) is 17.8 Å². The Bertz CT molecular complexity index is 2520. The molecule has 16 heteroatoms. The van der Waals surface area contributed by atoms with Crippen LogP contribution in [0, 0.1) is 17.2 Å². The van der Waals surface area contributed by atoms with Gasteiger partial charge in [0.15, 0.2) is 0 Å². The number of fused-ring (bicyclic) bond motifs is 1. The molecule has 0 saturated carbocycles. The smallest absolute Gasteiger partial charge is 0.262 e. The summed E-state index contributed by atoms with van der Waals surface area (Å²) in [5.74, 6) is -0.263. The van der Waals surface area contributed by atoms with Gasteiger partial charge in [-0.25, -0.2) is 14.4 Å². The molecular weight excluding hydrogens is 849 g/mol. The number of amides is 4. The molecule has 5 aliphatic heterocycles. The molecule has 14 nitrogen and oxygen atoms in total. The average molecular weight is 902 g/mol. The minimum absolute atomic E-state index is 0.0843. The first kappa shape index (κ1) is 44.3. The van der Waals surface area contributed by atoms with Gasteiger partial charge in [0.05, 0.1) is 35.0 Å². The van der Waals surface area contributed by atoms with E-state index in [1.165, 1.54) is 0 Å². The second kappa shape index (κ2) is 18.5. The molecule has 338 valence electrons. The fourth-order valence-corrected chi connectivity index (χ4v) is 10.3. The minimum Gasteiger partial charge on any atom is -0.487 e. The lowest BCUT2D eigenvalue weighted by Crippen LogP contribution is -2.55. The highest BCUT2D eigenvalue weighted by Gasteiger charge is 2.45. The third kappa shape index (κ3) is 9.30. The molecule has 1 N–H and O–H groups in total. The number of nitrogens with one attached hydrogen (secondary N) is 1. The maximum absolute atomic E-state index is 16.0. The first-order chi connectivity index (χ1) is 31.3. The number of aromatic nitrogens is 2. The highest BCUT2D eigenvalue weighted by molar-refractivity contribution is 6.30. The maximum Gasteiger partial charge on any atom is 0.262 e. The molecule has 0 radical (unpaired) electrons. The van der Waals surface area contributed by atoms with Crippen LogP contribution in [-0.4, -0.2) is 125 Å². The second-order valence-corrected chi connectivity index (χ2v) is 18.8. The van der Waals surface area contributed by atoms with Crippen molar-refractivity contribution in [3.8, 4) is 11.8 Å². The van der Waals surface area contributed by atoms with Crippen molar-refractivity contribution < 1.29 is 28.3 Å². The molecule has 0 spiro atoms. The fourth-order valence-electron chi connectivity index (χ4n) is 10.1. The van der Waals surface area contributed by atoms with Crippen molar-refractivity contribution in [1.29, 1.82) is 5.26 Å². The predicted molar refractivity (Wildman–Crippen MR) is 243 cm³/mol. The molecule has 6 heterocycles. The van der Waals surface area contributed by atoms with Gasteiger partial charge < -0.3 is 14.5 Å². The lowest BCUT2D eigenvalue weighted by Gasteiger charge is -2.44. The largest absolute Gasteiger partial charge is 0.487 e. The maximum atomic E-state index is 16.0. The van der Waals surface area contributed by atoms with Crippen LogP contribution < -0.4 is 19.9 Å². The van der Waals surface area contributed by atoms with Crippen LogP contribution in [-0.2, 0) is 21.6 Å². The summed E-state index contributed by atoms with van der Waals surface area (Å²) in [5.41, 5.74) is 4.31. The Balaban J connectivity index is 0.710. The van der Waals surface area contributed by atoms with Crippen LogP contribution in [0.1, 0.15) is 89.1 Å². The van der Waals surface area contributed by atoms with Gasteiger partial charge >= 0.3 is 0 Å². The summed E-state index contributed by atoms with van der Waals surface area (Å²) in [6.45, 7) is 11.4. The number of nitriles is 1. The first-order valence-electron chi connectivity index (χ1n) is 22.6. The van der Waals surface area contributed by atoms with Gasteiger partial charge in [-0.1, -0.05) is 37.6 Å². The normalized spacial score (nSPS) is 22.5. The number of anilines is 2. The summed E-state index contributed by atoms with van der Waals surface area (Å²) in [6, 6.07) is 21.5. The Morgan fingerprint density at radius 2 is 1.60 bits per heavy atom. The summed E-state index contributed by atoms with van der Waals surface area (Å²) in [7, 11) is 0. The molecule has 3 atom stereocenters. The number of imide groups is 2. The van der Waals surface area contributed by atoms with E-state index in [2.05, 4.69) is 44.9 Å². The zero-order valence-corrected chi connectivity index (χ0v) is 37.5. The van der Waals surface area contributed by atoms with Gasteiger partial charge in [-0.3, -0.25) is 39.2 Å². The fraction of sp³-hybridized carbons (Fsp3) is 0.449. The number of ether oxygens (including phenoxy) is 1. The van der Waals surface area contributed by atoms with Gasteiger partial charge in [0, 0.05) is 74.1 Å². The summed E-state index contributed by atoms with van der Waals surface area (Å²) >= 11 is 6.30. The van der Waals surface area contributed by atoms with Crippen molar-refractivity contribution in [2.75, 3.05) is 68.7 Å². The lowest BCUT2D eigenvalue weighted by molar-refractivity contribution is -0.136. The SMILES string of the molecule is CC(C)(c1ccc(OCc2ccnc(N3CCC(N4CCC(CN5CCN(c6ccc7c(c6)C(=O)N(C6CCC(=O)NC6=O)C7=O)CC5)CC4)C(F)C3)n2)cc1)c1cc(Cl)cc(C#N)c1. The van der Waals surface area contributed by atoms with E-state index in [1.54, 1.807) is 24.4 Å². The monoisotopic (exact) mass is 901 g/mol. The highest BCUT2D eigenvalue weighted by Crippen LogP contribution is 2.36. The Labute approximate surface area is 383 Å². The van der Waals surface area contributed by atoms with Crippen LogP contribution in [0.4, 0.5) is 16.0 Å². The highest BCUT2D eigenvalue weighted by atomic mass is 35.5. The van der Waals surface area contributed by atoms with Crippen LogP contribution >= 0.6 is 11.6 Å². The first-order valence-corrected chi connectivity index (χ1v) is 22.9. The molecule has 3 aromatic carbocycles. The molecule has 9 rings (SSSR count). The van der Waals surface area contributed by atoms with Gasteiger partial charge in [0.1, 0.15) is 24.6 Å². The molecule has 3 unspecified atom stereocenters. The third-order valence-electron chi connectivity index (χ3n) is 14.0. The van der Waals surface area contributed by atoms with Crippen molar-refractivity contribution >= 4 is 46.9 Å². The molecule has 4 saturated heterocycles. The standard InChI is InChI=1S/C49H53ClFN9O5/c1-49(2,34-23-32(27-52)24-35(50)25-34)33-3-6-38(7-4-33)65-30-36-11-15-53-48(54-36)59-18-14-42(41(51)29-59)58-16-12-31(13-17-58)28-56-19-21-57(22-20-56)37-5-8-39-40(26-37)47(64)60(46(39)63)43-9-10-44(61)55-45(43)62/h3-8,11,15,23-26,31,41-43H,9-10,12-14,16-22,28-30H2,1-2H3,(H,55,61,62). The number of benzene rings is 3. The number of piperidine rings is 3. The molecule has 65 heavy (non-hydrogen) atoms. The van der Waals surface area contributed by atoms with Gasteiger partial charge in [-0.2, -0.15) is 5.26 Å². The Hall–Kier alpha value is -5.95. The van der Waals surface area contributed by atoms with E-state index < -0.39 is 35.8 Å². The average Bonchev–Trinajstić information content (AvgIpc) is 3.56. The van der Waals surface area contributed by atoms with Crippen molar-refractivity contribution in [2.45, 2.75) is 76.2 Å². The Kier molecular flexibility index (Phi) is 12.6. The zero-order chi connectivity index (χ0) is 45.4. The number of carbonyl (C=O) groups excluding carboxylic acids is 4. The zero-order valence-electron chi connectivity index (χ0n) is 36.7. The van der Waals surface area contributed by atoms with E-state index in [1.807, 2.05) is 53.4 Å². The van der Waals surface area contributed by atoms with E-state index in [0.717, 1.165) is 80.4 Å². The van der Waals surface area contributed by atoms with E-state index in [4.69, 9.17) is 21.3 Å². The Morgan fingerprint density at radius 3 is 2.32 bits per heavy atom. The van der Waals surface area contributed by atoms with Gasteiger partial charge in [-0.15, -0.1) is 0 Å². The quantitative estimate of drug-likeness (QED) is 0.182. The minimum atomic E-state index is -1.02. The number of nitrogens with zero attached hydrogens (tertiary/aromatic N) is 8. The Morgan fingerprint density at radius 1 is 0.846 bits per heavy atom. The van der Waals surface area contributed by atoms with Crippen molar-refractivity contribution in [3.63, 3.8) is 0 Å². The lowest BCUT2D eigenvalue weighted by atomic mass is 9.78. The summed E-state index contributed by atoms with van der Waals surface area (Å²) < 4.78 is 22.1. The van der Waals surface area contributed by atoms with E-state index in [0.29, 0.717) is 52.4 Å². The molecule has 4 aromatic rings. The molecule has 1 aromatic heterocycles. The summed E-state index contributed by atoms with van der Waals surface area (Å²) in [6.07, 6.45) is 3.64. The van der Waals surface area contributed by atoms with E-state index in [9.17, 15) is 24.4 Å². The topological polar surface area (TPSA) is 155 Å². The van der Waals surface area contributed by atoms with Crippen molar-refractivity contribution in [1.82, 2.24) is 30.0 Å². The molecule has 0 aliphatic carbocycles. The summed E-state index contributed by atoms with van der Waals surface area (Å²) in [5, 5.41) is 12.2. The van der Waals surface area contributed by atoms with Crippen LogP contribution in [0.3, 0.4) is 0 Å². The van der Waals surface area contributed by atoms with E-state index >= 15 is 4.39 Å². The van der Waals surface area contributed by atoms with Crippen LogP contribution in [0.5, 0.6) is 5.75 Å². The molecule has 4 amide bonds. The molecular formula is C49H53ClFN9O5. The summed E-state index contributed by atoms with van der Waals surface area (Å²) in [4.78, 5) is 69.9. The molecule has 0 bridgehead atoms. The van der Waals surface area contributed by atoms with Crippen LogP contribution in [0.25, 0.3) is 0 Å². The van der Waals surface area contributed by atoms with Crippen LogP contribution in [0.15, 0.2) is 72.9 Å². The number of likely N-dealkylation sites (tertiary alicyclic amines) is 1. The van der Waals surface area contributed by atoms with E-state index in [-0.39, 0.29) is 43.0 Å². The van der Waals surface area contributed by atoms with Crippen LogP contribution in [0.2, 0.25) is 5.02 Å². The predicted octanol–water partition coefficient (Wildman–Crippen LogP) is 5.76. The number of hydrogen-bond donors (Lipinski definition) is 1. The number of alkyl halides is 1. The number of carbonyl (C=O) groups is 4. The molecule has 4 fully saturated rings. The van der Waals surface area contributed by atoms with Gasteiger partial charge in [0.25, 0.3) is 11.8 Å². The number of piperazine rings is 1. The molecule has 5 aliphatic rings. The number of rotatable bonds is 11. The van der Waals surface area contributed by atoms with Crippen molar-refractivity contribution in [2.24, 2.45) is 5.92 Å². The number of hydrogen-bond acceptors (Lipinski definition) is 12. The third-order valence-corrected chi connectivity index (χ3v) is 14.2. The van der Waals surface area contributed by atoms with Gasteiger partial charge in [-0.05, 0) is 110 Å².